The van der Waals surface area contributed by atoms with Crippen LogP contribution in [-0.4, -0.2) is 22.4 Å². The Morgan fingerprint density at radius 3 is 1.40 bits per heavy atom. The third kappa shape index (κ3) is 0.412. The summed E-state index contributed by atoms with van der Waals surface area (Å²) in [5.74, 6) is 0. The Kier molecular flexibility index (Phi) is 0.436. The van der Waals surface area contributed by atoms with Gasteiger partial charge in [-0.2, -0.15) is 0 Å². The Morgan fingerprint density at radius 1 is 1.20 bits per heavy atom. The largest absolute Gasteiger partial charge is 0.390 e. The molecule has 0 unspecified atom stereocenters. The van der Waals surface area contributed by atoms with Crippen molar-refractivity contribution in [2.24, 2.45) is 0 Å². The Bertz CT molecular complexity index is 38.2. The second-order valence-electron chi connectivity index (χ2n) is 1.37. The molecule has 1 rings (SSSR count). The molecular formula is C3H6O2. The summed E-state index contributed by atoms with van der Waals surface area (Å²) in [6, 6.07) is 0. The van der Waals surface area contributed by atoms with Crippen molar-refractivity contribution in [2.75, 3.05) is 0 Å². The maximum Gasteiger partial charge on any atom is 0.0825 e. The zero-order valence-electron chi connectivity index (χ0n) is 2.76. The van der Waals surface area contributed by atoms with Gasteiger partial charge < -0.3 is 10.2 Å². The summed E-state index contributed by atoms with van der Waals surface area (Å²) in [6.07, 6.45) is -0.204. The summed E-state index contributed by atoms with van der Waals surface area (Å²) >= 11 is 0. The van der Waals surface area contributed by atoms with Crippen LogP contribution in [0.3, 0.4) is 0 Å². The first-order valence-electron chi connectivity index (χ1n) is 1.67. The Labute approximate surface area is 30.1 Å². The fourth-order valence-electron chi connectivity index (χ4n) is 0.169. The highest BCUT2D eigenvalue weighted by atomic mass is 16.3. The van der Waals surface area contributed by atoms with Gasteiger partial charge in [0.05, 0.1) is 12.2 Å². The normalized spacial score (nSPS) is 49.2. The lowest BCUT2D eigenvalue weighted by Gasteiger charge is -1.69. The van der Waals surface area contributed by atoms with Crippen LogP contribution >= 0.6 is 0 Å². The van der Waals surface area contributed by atoms with Gasteiger partial charge in [-0.15, -0.1) is 0 Å². The van der Waals surface area contributed by atoms with Gasteiger partial charge >= 0.3 is 0 Å². The summed E-state index contributed by atoms with van der Waals surface area (Å²) in [4.78, 5) is 0. The fourth-order valence-corrected chi connectivity index (χ4v) is 0.169. The van der Waals surface area contributed by atoms with E-state index in [1.165, 1.54) is 0 Å². The molecule has 30 valence electrons. The predicted octanol–water partition coefficient (Wildman–Crippen LogP) is -0.888. The number of hydrogen-bond donors (Lipinski definition) is 2. The van der Waals surface area contributed by atoms with Crippen LogP contribution in [0, 0.1) is 0 Å². The van der Waals surface area contributed by atoms with Gasteiger partial charge in [-0.25, -0.2) is 0 Å². The van der Waals surface area contributed by atoms with Gasteiger partial charge in [0.2, 0.25) is 0 Å². The van der Waals surface area contributed by atoms with Crippen molar-refractivity contribution in [3.05, 3.63) is 0 Å². The molecule has 1 saturated carbocycles. The molecule has 2 heteroatoms. The van der Waals surface area contributed by atoms with Gasteiger partial charge in [-0.3, -0.25) is 0 Å². The molecule has 0 spiro atoms. The third-order valence-electron chi connectivity index (χ3n) is 0.724. The molecule has 0 aromatic carbocycles. The van der Waals surface area contributed by atoms with Crippen LogP contribution in [0.5, 0.6) is 0 Å². The van der Waals surface area contributed by atoms with Gasteiger partial charge in [0, 0.05) is 6.42 Å². The number of aliphatic hydroxyl groups excluding tert-OH is 2. The number of hydrogen-bond acceptors (Lipinski definition) is 2. The summed E-state index contributed by atoms with van der Waals surface area (Å²) in [5.41, 5.74) is 0. The smallest absolute Gasteiger partial charge is 0.0825 e. The molecule has 0 aromatic heterocycles. The molecule has 0 heterocycles. The molecule has 2 nitrogen and oxygen atoms in total. The molecule has 1 aliphatic carbocycles. The quantitative estimate of drug-likeness (QED) is 0.391. The summed E-state index contributed by atoms with van der Waals surface area (Å²) in [7, 11) is 0. The van der Waals surface area contributed by atoms with Crippen molar-refractivity contribution in [1.82, 2.24) is 0 Å². The van der Waals surface area contributed by atoms with E-state index in [0.29, 0.717) is 6.42 Å². The molecule has 1 fully saturated rings. The molecule has 5 heavy (non-hydrogen) atoms. The van der Waals surface area contributed by atoms with E-state index < -0.39 is 12.2 Å². The first kappa shape index (κ1) is 3.12. The molecule has 0 aliphatic heterocycles. The van der Waals surface area contributed by atoms with Gasteiger partial charge in [0.15, 0.2) is 0 Å². The minimum atomic E-state index is -0.394. The van der Waals surface area contributed by atoms with Crippen molar-refractivity contribution in [3.8, 4) is 0 Å². The lowest BCUT2D eigenvalue weighted by molar-refractivity contribution is 0.180. The van der Waals surface area contributed by atoms with Gasteiger partial charge in [0.1, 0.15) is 0 Å². The Morgan fingerprint density at radius 2 is 1.40 bits per heavy atom. The van der Waals surface area contributed by atoms with Crippen molar-refractivity contribution in [1.29, 1.82) is 0 Å². The van der Waals surface area contributed by atoms with E-state index >= 15 is 0 Å². The topological polar surface area (TPSA) is 40.5 Å². The van der Waals surface area contributed by atoms with E-state index in [1.807, 2.05) is 0 Å². The minimum absolute atomic E-state index is 0.394. The lowest BCUT2D eigenvalue weighted by atomic mass is 10.8. The predicted molar refractivity (Wildman–Crippen MR) is 16.6 cm³/mol. The molecule has 0 bridgehead atoms. The Hall–Kier alpha value is -0.0800. The van der Waals surface area contributed by atoms with E-state index in [-0.39, 0.29) is 0 Å². The van der Waals surface area contributed by atoms with Gasteiger partial charge in [-0.1, -0.05) is 0 Å². The van der Waals surface area contributed by atoms with Crippen LogP contribution in [0.15, 0.2) is 0 Å². The van der Waals surface area contributed by atoms with Crippen LogP contribution in [-0.2, 0) is 0 Å². The zero-order valence-corrected chi connectivity index (χ0v) is 2.76. The summed E-state index contributed by atoms with van der Waals surface area (Å²) in [5, 5.41) is 16.4. The van der Waals surface area contributed by atoms with Crippen molar-refractivity contribution < 1.29 is 10.2 Å². The third-order valence-corrected chi connectivity index (χ3v) is 0.724. The van der Waals surface area contributed by atoms with Crippen molar-refractivity contribution in [2.45, 2.75) is 18.6 Å². The zero-order chi connectivity index (χ0) is 3.86. The first-order chi connectivity index (χ1) is 2.30. The highest BCUT2D eigenvalue weighted by molar-refractivity contribution is 4.84. The average molecular weight is 74.1 g/mol. The minimum Gasteiger partial charge on any atom is -0.390 e. The summed E-state index contributed by atoms with van der Waals surface area (Å²) in [6.45, 7) is 0. The SMILES string of the molecule is O[C@@H]1C[C@H]1O. The van der Waals surface area contributed by atoms with E-state index in [4.69, 9.17) is 10.2 Å². The second-order valence-corrected chi connectivity index (χ2v) is 1.37. The van der Waals surface area contributed by atoms with E-state index in [0.717, 1.165) is 0 Å². The standard InChI is InChI=1S/C3H6O2/c4-2-1-3(2)5/h2-5H,1H2/t2-,3-/m1/s1. The van der Waals surface area contributed by atoms with Crippen LogP contribution in [0.1, 0.15) is 6.42 Å². The van der Waals surface area contributed by atoms with Gasteiger partial charge in [-0.05, 0) is 0 Å². The first-order valence-corrected chi connectivity index (χ1v) is 1.67. The molecular weight excluding hydrogens is 68.0 g/mol. The molecule has 0 amide bonds. The number of aliphatic hydroxyl groups is 2. The van der Waals surface area contributed by atoms with Crippen molar-refractivity contribution in [3.63, 3.8) is 0 Å². The van der Waals surface area contributed by atoms with E-state index in [2.05, 4.69) is 0 Å². The summed E-state index contributed by atoms with van der Waals surface area (Å²) < 4.78 is 0. The monoisotopic (exact) mass is 74.0 g/mol. The van der Waals surface area contributed by atoms with Gasteiger partial charge in [0.25, 0.3) is 0 Å². The van der Waals surface area contributed by atoms with Crippen molar-refractivity contribution >= 4 is 0 Å². The average Bonchev–Trinajstić information content (AvgIpc) is 1.79. The highest BCUT2D eigenvalue weighted by Gasteiger charge is 2.32. The van der Waals surface area contributed by atoms with E-state index in [1.54, 1.807) is 0 Å². The van der Waals surface area contributed by atoms with Crippen LogP contribution in [0.2, 0.25) is 0 Å². The maximum absolute atomic E-state index is 8.19. The maximum atomic E-state index is 8.19. The van der Waals surface area contributed by atoms with Crippen LogP contribution < -0.4 is 0 Å². The molecule has 1 aliphatic rings. The molecule has 2 N–H and O–H groups in total. The molecule has 0 radical (unpaired) electrons. The molecule has 2 atom stereocenters. The highest BCUT2D eigenvalue weighted by Crippen LogP contribution is 2.18. The fraction of sp³-hybridized carbons (Fsp3) is 1.00. The van der Waals surface area contributed by atoms with E-state index in [9.17, 15) is 0 Å². The molecule has 0 aromatic rings. The van der Waals surface area contributed by atoms with Crippen LogP contribution in [0.4, 0.5) is 0 Å². The Balaban J connectivity index is 2.20. The van der Waals surface area contributed by atoms with Crippen LogP contribution in [0.25, 0.3) is 0 Å². The molecule has 0 saturated heterocycles. The number of rotatable bonds is 0. The second kappa shape index (κ2) is 0.698. The lowest BCUT2D eigenvalue weighted by Crippen LogP contribution is -1.85.